The molecule has 1 saturated carbocycles. The molecule has 0 aromatic carbocycles. The topological polar surface area (TPSA) is 37.8 Å². The molecule has 2 rings (SSSR count). The molecule has 3 nitrogen and oxygen atoms in total. The van der Waals surface area contributed by atoms with Crippen LogP contribution in [0.1, 0.15) is 44.3 Å². The minimum absolute atomic E-state index is 0.611. The van der Waals surface area contributed by atoms with Gasteiger partial charge in [0, 0.05) is 29.9 Å². The molecule has 1 heterocycles. The van der Waals surface area contributed by atoms with E-state index in [9.17, 15) is 0 Å². The number of halogens is 1. The van der Waals surface area contributed by atoms with E-state index < -0.39 is 0 Å². The van der Waals surface area contributed by atoms with E-state index in [-0.39, 0.29) is 0 Å². The van der Waals surface area contributed by atoms with E-state index in [0.717, 1.165) is 29.8 Å². The fourth-order valence-corrected chi connectivity index (χ4v) is 2.36. The van der Waals surface area contributed by atoms with Gasteiger partial charge in [0.25, 0.3) is 0 Å². The number of nitrogens with zero attached hydrogens (tertiary/aromatic N) is 2. The normalized spacial score (nSPS) is 17.4. The molecule has 0 amide bonds. The first-order chi connectivity index (χ1) is 7.79. The van der Waals surface area contributed by atoms with Gasteiger partial charge in [-0.2, -0.15) is 4.37 Å². The summed E-state index contributed by atoms with van der Waals surface area (Å²) in [6.07, 6.45) is 4.85. The second-order valence-electron chi connectivity index (χ2n) is 4.56. The highest BCUT2D eigenvalue weighted by molar-refractivity contribution is 7.09. The van der Waals surface area contributed by atoms with E-state index in [1.165, 1.54) is 30.8 Å². The van der Waals surface area contributed by atoms with E-state index in [2.05, 4.69) is 21.6 Å². The fourth-order valence-electron chi connectivity index (χ4n) is 1.54. The SMILES string of the molecule is CC(CCl)CCCNc1nc(C2CC2)ns1. The Morgan fingerprint density at radius 1 is 1.56 bits per heavy atom. The van der Waals surface area contributed by atoms with E-state index >= 15 is 0 Å². The highest BCUT2D eigenvalue weighted by Gasteiger charge is 2.27. The quantitative estimate of drug-likeness (QED) is 0.602. The summed E-state index contributed by atoms with van der Waals surface area (Å²) < 4.78 is 4.36. The monoisotopic (exact) mass is 259 g/mol. The number of hydrogen-bond acceptors (Lipinski definition) is 4. The Morgan fingerprint density at radius 3 is 3.06 bits per heavy atom. The van der Waals surface area contributed by atoms with Crippen molar-refractivity contribution >= 4 is 28.3 Å². The van der Waals surface area contributed by atoms with Crippen molar-refractivity contribution in [3.05, 3.63) is 5.82 Å². The van der Waals surface area contributed by atoms with Crippen LogP contribution in [0.15, 0.2) is 0 Å². The second kappa shape index (κ2) is 5.82. The van der Waals surface area contributed by atoms with Crippen molar-refractivity contribution < 1.29 is 0 Å². The van der Waals surface area contributed by atoms with Crippen LogP contribution in [0.2, 0.25) is 0 Å². The minimum Gasteiger partial charge on any atom is -0.360 e. The van der Waals surface area contributed by atoms with Crippen LogP contribution in [-0.2, 0) is 0 Å². The van der Waals surface area contributed by atoms with Gasteiger partial charge in [0.1, 0.15) is 5.82 Å². The van der Waals surface area contributed by atoms with Crippen molar-refractivity contribution in [1.29, 1.82) is 0 Å². The van der Waals surface area contributed by atoms with Crippen LogP contribution < -0.4 is 5.32 Å². The average molecular weight is 260 g/mol. The molecule has 5 heteroatoms. The zero-order valence-electron chi connectivity index (χ0n) is 9.58. The molecule has 1 aliphatic rings. The third kappa shape index (κ3) is 3.59. The predicted molar refractivity (Wildman–Crippen MR) is 69.5 cm³/mol. The van der Waals surface area contributed by atoms with Crippen molar-refractivity contribution in [1.82, 2.24) is 9.36 Å². The lowest BCUT2D eigenvalue weighted by molar-refractivity contribution is 0.572. The van der Waals surface area contributed by atoms with Crippen LogP contribution in [0.5, 0.6) is 0 Å². The standard InChI is InChI=1S/C11H18ClN3S/c1-8(7-12)3-2-6-13-11-14-10(15-16-11)9-4-5-9/h8-9H,2-7H2,1H3,(H,13,14,15). The Labute approximate surface area is 106 Å². The summed E-state index contributed by atoms with van der Waals surface area (Å²) in [6.45, 7) is 3.16. The van der Waals surface area contributed by atoms with Crippen LogP contribution in [0.3, 0.4) is 0 Å². The van der Waals surface area contributed by atoms with Gasteiger partial charge in [-0.25, -0.2) is 4.98 Å². The lowest BCUT2D eigenvalue weighted by Crippen LogP contribution is -2.04. The molecular formula is C11H18ClN3S. The molecule has 0 bridgehead atoms. The molecule has 1 unspecified atom stereocenters. The minimum atomic E-state index is 0.611. The van der Waals surface area contributed by atoms with Crippen molar-refractivity contribution in [3.8, 4) is 0 Å². The van der Waals surface area contributed by atoms with Crippen molar-refractivity contribution in [2.45, 2.75) is 38.5 Å². The van der Waals surface area contributed by atoms with Crippen molar-refractivity contribution in [3.63, 3.8) is 0 Å². The highest BCUT2D eigenvalue weighted by atomic mass is 35.5. The van der Waals surface area contributed by atoms with Gasteiger partial charge in [0.05, 0.1) is 0 Å². The van der Waals surface area contributed by atoms with Crippen LogP contribution >= 0.6 is 23.1 Å². The zero-order chi connectivity index (χ0) is 11.4. The number of alkyl halides is 1. The van der Waals surface area contributed by atoms with Gasteiger partial charge in [-0.3, -0.25) is 0 Å². The molecule has 0 aliphatic heterocycles. The highest BCUT2D eigenvalue weighted by Crippen LogP contribution is 2.39. The maximum absolute atomic E-state index is 5.75. The molecule has 0 saturated heterocycles. The van der Waals surface area contributed by atoms with E-state index in [1.807, 2.05) is 0 Å². The van der Waals surface area contributed by atoms with Crippen LogP contribution in [0, 0.1) is 5.92 Å². The van der Waals surface area contributed by atoms with Crippen LogP contribution in [-0.4, -0.2) is 21.8 Å². The molecule has 1 aliphatic carbocycles. The molecule has 1 aromatic heterocycles. The second-order valence-corrected chi connectivity index (χ2v) is 5.62. The fraction of sp³-hybridized carbons (Fsp3) is 0.818. The predicted octanol–water partition coefficient (Wildman–Crippen LogP) is 3.48. The van der Waals surface area contributed by atoms with Gasteiger partial charge in [0.15, 0.2) is 0 Å². The van der Waals surface area contributed by atoms with Gasteiger partial charge < -0.3 is 5.32 Å². The van der Waals surface area contributed by atoms with E-state index in [1.54, 1.807) is 0 Å². The van der Waals surface area contributed by atoms with Crippen molar-refractivity contribution in [2.75, 3.05) is 17.7 Å². The van der Waals surface area contributed by atoms with Crippen LogP contribution in [0.25, 0.3) is 0 Å². The number of anilines is 1. The number of nitrogens with one attached hydrogen (secondary N) is 1. The summed E-state index contributed by atoms with van der Waals surface area (Å²) in [4.78, 5) is 4.48. The summed E-state index contributed by atoms with van der Waals surface area (Å²) >= 11 is 7.24. The lowest BCUT2D eigenvalue weighted by Gasteiger charge is -2.06. The summed E-state index contributed by atoms with van der Waals surface area (Å²) in [5.74, 6) is 3.06. The molecule has 1 fully saturated rings. The molecule has 1 atom stereocenters. The smallest absolute Gasteiger partial charge is 0.202 e. The number of aromatic nitrogens is 2. The third-order valence-electron chi connectivity index (χ3n) is 2.80. The molecule has 16 heavy (non-hydrogen) atoms. The summed E-state index contributed by atoms with van der Waals surface area (Å²) in [7, 11) is 0. The van der Waals surface area contributed by atoms with Crippen molar-refractivity contribution in [2.24, 2.45) is 5.92 Å². The summed E-state index contributed by atoms with van der Waals surface area (Å²) in [5, 5.41) is 4.30. The zero-order valence-corrected chi connectivity index (χ0v) is 11.2. The number of hydrogen-bond donors (Lipinski definition) is 1. The largest absolute Gasteiger partial charge is 0.360 e. The molecule has 0 spiro atoms. The Bertz CT molecular complexity index is 325. The maximum atomic E-state index is 5.75. The van der Waals surface area contributed by atoms with Gasteiger partial charge in [-0.05, 0) is 31.6 Å². The Hall–Kier alpha value is -0.350. The van der Waals surface area contributed by atoms with Gasteiger partial charge in [-0.15, -0.1) is 11.6 Å². The maximum Gasteiger partial charge on any atom is 0.202 e. The van der Waals surface area contributed by atoms with Gasteiger partial charge in [-0.1, -0.05) is 6.92 Å². The van der Waals surface area contributed by atoms with Crippen LogP contribution in [0.4, 0.5) is 5.13 Å². The summed E-state index contributed by atoms with van der Waals surface area (Å²) in [6, 6.07) is 0. The van der Waals surface area contributed by atoms with E-state index in [4.69, 9.17) is 11.6 Å². The van der Waals surface area contributed by atoms with Gasteiger partial charge >= 0.3 is 0 Å². The first kappa shape index (κ1) is 12.1. The molecule has 90 valence electrons. The number of rotatable bonds is 7. The Balaban J connectivity index is 1.64. The van der Waals surface area contributed by atoms with E-state index in [0.29, 0.717) is 11.8 Å². The molecular weight excluding hydrogens is 242 g/mol. The third-order valence-corrected chi connectivity index (χ3v) is 4.01. The molecule has 0 radical (unpaired) electrons. The molecule has 1 aromatic rings. The average Bonchev–Trinajstić information content (AvgIpc) is 3.05. The first-order valence-electron chi connectivity index (χ1n) is 5.93. The Morgan fingerprint density at radius 2 is 2.38 bits per heavy atom. The first-order valence-corrected chi connectivity index (χ1v) is 7.24. The molecule has 1 N–H and O–H groups in total. The Kier molecular flexibility index (Phi) is 4.41. The summed E-state index contributed by atoms with van der Waals surface area (Å²) in [5.41, 5.74) is 0. The van der Waals surface area contributed by atoms with Gasteiger partial charge in [0.2, 0.25) is 5.13 Å². The lowest BCUT2D eigenvalue weighted by atomic mass is 10.1.